The van der Waals surface area contributed by atoms with E-state index in [0.717, 1.165) is 13.0 Å². The largest absolute Gasteiger partial charge is 0.340 e. The van der Waals surface area contributed by atoms with Gasteiger partial charge >= 0.3 is 0 Å². The predicted molar refractivity (Wildman–Crippen MR) is 60.6 cm³/mol. The van der Waals surface area contributed by atoms with Crippen LogP contribution in [0.2, 0.25) is 0 Å². The average molecular weight is 210 g/mol. The van der Waals surface area contributed by atoms with E-state index in [9.17, 15) is 4.79 Å². The highest BCUT2D eigenvalue weighted by atomic mass is 16.2. The van der Waals surface area contributed by atoms with Gasteiger partial charge in [-0.3, -0.25) is 4.79 Å². The molecule has 2 saturated heterocycles. The van der Waals surface area contributed by atoms with Crippen LogP contribution >= 0.6 is 0 Å². The second-order valence-electron chi connectivity index (χ2n) is 5.11. The molecule has 0 saturated carbocycles. The maximum absolute atomic E-state index is 12.3. The first-order valence-electron chi connectivity index (χ1n) is 6.20. The van der Waals surface area contributed by atoms with Gasteiger partial charge in [0.2, 0.25) is 5.91 Å². The molecule has 0 spiro atoms. The number of carbonyl (C=O) groups is 1. The van der Waals surface area contributed by atoms with Crippen LogP contribution in [0.3, 0.4) is 0 Å². The van der Waals surface area contributed by atoms with Gasteiger partial charge in [0, 0.05) is 24.7 Å². The lowest BCUT2D eigenvalue weighted by atomic mass is 9.88. The van der Waals surface area contributed by atoms with E-state index >= 15 is 0 Å². The lowest BCUT2D eigenvalue weighted by Gasteiger charge is -2.30. The first-order valence-corrected chi connectivity index (χ1v) is 6.20. The first kappa shape index (κ1) is 10.9. The van der Waals surface area contributed by atoms with Crippen molar-refractivity contribution < 1.29 is 4.79 Å². The summed E-state index contributed by atoms with van der Waals surface area (Å²) in [4.78, 5) is 14.3. The Bertz CT molecular complexity index is 252. The summed E-state index contributed by atoms with van der Waals surface area (Å²) in [6.45, 7) is 7.10. The van der Waals surface area contributed by atoms with E-state index in [4.69, 9.17) is 0 Å². The summed E-state index contributed by atoms with van der Waals surface area (Å²) < 4.78 is 0. The van der Waals surface area contributed by atoms with Crippen molar-refractivity contribution >= 4 is 5.91 Å². The predicted octanol–water partition coefficient (Wildman–Crippen LogP) is 1.38. The van der Waals surface area contributed by atoms with Gasteiger partial charge in [0.25, 0.3) is 0 Å². The van der Waals surface area contributed by atoms with E-state index in [1.54, 1.807) is 0 Å². The Labute approximate surface area is 92.2 Å². The van der Waals surface area contributed by atoms with E-state index in [0.29, 0.717) is 24.0 Å². The topological polar surface area (TPSA) is 32.3 Å². The number of hydrogen-bond acceptors (Lipinski definition) is 2. The van der Waals surface area contributed by atoms with Gasteiger partial charge < -0.3 is 10.2 Å². The van der Waals surface area contributed by atoms with Crippen LogP contribution in [0, 0.1) is 5.92 Å². The van der Waals surface area contributed by atoms with Crippen molar-refractivity contribution in [2.24, 2.45) is 5.92 Å². The zero-order valence-electron chi connectivity index (χ0n) is 9.99. The number of nitrogens with one attached hydrogen (secondary N) is 1. The number of amides is 1. The van der Waals surface area contributed by atoms with Crippen molar-refractivity contribution in [3.05, 3.63) is 0 Å². The van der Waals surface area contributed by atoms with E-state index in [1.807, 2.05) is 4.90 Å². The fourth-order valence-corrected chi connectivity index (χ4v) is 3.09. The van der Waals surface area contributed by atoms with E-state index < -0.39 is 0 Å². The Morgan fingerprint density at radius 3 is 2.60 bits per heavy atom. The monoisotopic (exact) mass is 210 g/mol. The molecule has 0 aromatic rings. The van der Waals surface area contributed by atoms with Crippen molar-refractivity contribution in [3.63, 3.8) is 0 Å². The molecule has 3 heteroatoms. The van der Waals surface area contributed by atoms with E-state index in [-0.39, 0.29) is 5.92 Å². The van der Waals surface area contributed by atoms with Crippen molar-refractivity contribution in [2.75, 3.05) is 6.54 Å². The van der Waals surface area contributed by atoms with Crippen LogP contribution in [0.1, 0.15) is 40.0 Å². The lowest BCUT2D eigenvalue weighted by Crippen LogP contribution is -2.44. The van der Waals surface area contributed by atoms with Crippen molar-refractivity contribution in [1.82, 2.24) is 10.2 Å². The van der Waals surface area contributed by atoms with E-state index in [1.165, 1.54) is 12.8 Å². The van der Waals surface area contributed by atoms with Crippen molar-refractivity contribution in [3.8, 4) is 0 Å². The molecule has 2 aliphatic rings. The summed E-state index contributed by atoms with van der Waals surface area (Å²) in [5, 5.41) is 3.53. The van der Waals surface area contributed by atoms with Crippen molar-refractivity contribution in [1.29, 1.82) is 0 Å². The molecule has 1 N–H and O–H groups in total. The Kier molecular flexibility index (Phi) is 3.01. The Morgan fingerprint density at radius 2 is 2.20 bits per heavy atom. The van der Waals surface area contributed by atoms with Crippen LogP contribution in [0.4, 0.5) is 0 Å². The molecular weight excluding hydrogens is 188 g/mol. The molecule has 3 unspecified atom stereocenters. The summed E-state index contributed by atoms with van der Waals surface area (Å²) in [6.07, 6.45) is 3.52. The van der Waals surface area contributed by atoms with Gasteiger partial charge in [-0.2, -0.15) is 0 Å². The fourth-order valence-electron chi connectivity index (χ4n) is 3.09. The van der Waals surface area contributed by atoms with Crippen LogP contribution < -0.4 is 5.32 Å². The Morgan fingerprint density at radius 1 is 1.47 bits per heavy atom. The molecule has 1 amide bonds. The number of hydrogen-bond donors (Lipinski definition) is 1. The molecule has 2 aliphatic heterocycles. The van der Waals surface area contributed by atoms with E-state index in [2.05, 4.69) is 26.1 Å². The van der Waals surface area contributed by atoms with Crippen LogP contribution in [0.5, 0.6) is 0 Å². The van der Waals surface area contributed by atoms with Gasteiger partial charge in [-0.25, -0.2) is 0 Å². The Hall–Kier alpha value is -0.570. The molecule has 0 aliphatic carbocycles. The minimum absolute atomic E-state index is 0.256. The molecule has 2 fully saturated rings. The van der Waals surface area contributed by atoms with Gasteiger partial charge in [-0.15, -0.1) is 0 Å². The normalized spacial score (nSPS) is 33.7. The van der Waals surface area contributed by atoms with Crippen LogP contribution in [0.25, 0.3) is 0 Å². The summed E-state index contributed by atoms with van der Waals surface area (Å²) in [5.41, 5.74) is 0. The Balaban J connectivity index is 2.01. The third kappa shape index (κ3) is 1.89. The van der Waals surface area contributed by atoms with Crippen LogP contribution in [-0.4, -0.2) is 35.5 Å². The summed E-state index contributed by atoms with van der Waals surface area (Å²) in [6, 6.07) is 1.42. The molecule has 2 rings (SSSR count). The minimum Gasteiger partial charge on any atom is -0.340 e. The maximum Gasteiger partial charge on any atom is 0.227 e. The smallest absolute Gasteiger partial charge is 0.227 e. The second kappa shape index (κ2) is 4.12. The van der Waals surface area contributed by atoms with Gasteiger partial charge in [0.15, 0.2) is 0 Å². The summed E-state index contributed by atoms with van der Waals surface area (Å²) in [7, 11) is 0. The molecule has 0 aromatic heterocycles. The first-order chi connectivity index (χ1) is 7.13. The van der Waals surface area contributed by atoms with Crippen LogP contribution in [0.15, 0.2) is 0 Å². The number of rotatable bonds is 3. The molecular formula is C12H22N2O. The zero-order valence-corrected chi connectivity index (χ0v) is 9.99. The number of nitrogens with zero attached hydrogens (tertiary/aromatic N) is 1. The third-order valence-corrected chi connectivity index (χ3v) is 3.86. The second-order valence-corrected chi connectivity index (χ2v) is 5.11. The maximum atomic E-state index is 12.3. The summed E-state index contributed by atoms with van der Waals surface area (Å²) in [5.74, 6) is 0.623. The van der Waals surface area contributed by atoms with Gasteiger partial charge in [0.1, 0.15) is 0 Å². The fraction of sp³-hybridized carbons (Fsp3) is 0.917. The molecule has 2 bridgehead atoms. The molecule has 0 radical (unpaired) electrons. The molecule has 0 aromatic carbocycles. The highest BCUT2D eigenvalue weighted by Crippen LogP contribution is 2.34. The van der Waals surface area contributed by atoms with Gasteiger partial charge in [-0.1, -0.05) is 0 Å². The molecule has 3 nitrogen and oxygen atoms in total. The highest BCUT2D eigenvalue weighted by Gasteiger charge is 2.44. The van der Waals surface area contributed by atoms with Crippen molar-refractivity contribution in [2.45, 2.75) is 58.2 Å². The van der Waals surface area contributed by atoms with Gasteiger partial charge in [0.05, 0.1) is 5.92 Å². The lowest BCUT2D eigenvalue weighted by molar-refractivity contribution is -0.137. The molecule has 15 heavy (non-hydrogen) atoms. The van der Waals surface area contributed by atoms with Gasteiger partial charge in [-0.05, 0) is 40.0 Å². The quantitative estimate of drug-likeness (QED) is 0.763. The zero-order chi connectivity index (χ0) is 11.0. The SMILES string of the molecule is CCN(C(=O)C1CC2CCC1N2)C(C)C. The average Bonchev–Trinajstić information content (AvgIpc) is 2.78. The number of fused-ring (bicyclic) bond motifs is 2. The highest BCUT2D eigenvalue weighted by molar-refractivity contribution is 5.80. The standard InChI is InChI=1S/C12H22N2O/c1-4-14(8(2)3)12(15)10-7-9-5-6-11(10)13-9/h8-11,13H,4-7H2,1-3H3. The minimum atomic E-state index is 0.256. The molecule has 86 valence electrons. The summed E-state index contributed by atoms with van der Waals surface area (Å²) >= 11 is 0. The molecule has 3 atom stereocenters. The molecule has 2 heterocycles. The number of carbonyl (C=O) groups excluding carboxylic acids is 1. The van der Waals surface area contributed by atoms with Crippen LogP contribution in [-0.2, 0) is 4.79 Å². The third-order valence-electron chi connectivity index (χ3n) is 3.86.